The van der Waals surface area contributed by atoms with Crippen molar-refractivity contribution in [2.24, 2.45) is 0 Å². The molecule has 5 nitrogen and oxygen atoms in total. The van der Waals surface area contributed by atoms with Gasteiger partial charge in [0.2, 0.25) is 0 Å². The molecule has 0 radical (unpaired) electrons. The molecule has 3 rings (SSSR count). The van der Waals surface area contributed by atoms with Gasteiger partial charge in [-0.3, -0.25) is 9.78 Å². The number of aryl methyl sites for hydroxylation is 1. The number of amides is 1. The second-order valence-electron chi connectivity index (χ2n) is 5.79. The summed E-state index contributed by atoms with van der Waals surface area (Å²) in [6.07, 6.45) is 5.50. The number of nitrogens with one attached hydrogen (secondary N) is 1. The van der Waals surface area contributed by atoms with Crippen LogP contribution in [0.2, 0.25) is 0 Å². The molecule has 0 spiro atoms. The van der Waals surface area contributed by atoms with Crippen LogP contribution >= 0.6 is 0 Å². The molecule has 1 aromatic carbocycles. The van der Waals surface area contributed by atoms with Crippen LogP contribution in [0, 0.1) is 6.92 Å². The van der Waals surface area contributed by atoms with E-state index in [4.69, 9.17) is 4.74 Å². The lowest BCUT2D eigenvalue weighted by Crippen LogP contribution is -2.27. The quantitative estimate of drug-likeness (QED) is 0.940. The van der Waals surface area contributed by atoms with Gasteiger partial charge in [-0.25, -0.2) is 0 Å². The van der Waals surface area contributed by atoms with Gasteiger partial charge in [-0.2, -0.15) is 0 Å². The Kier molecular flexibility index (Phi) is 4.46. The SMILES string of the molecule is COc1ccc(C)cc1Nc1cncc(C(=O)N2CCCC2)c1. The van der Waals surface area contributed by atoms with Gasteiger partial charge in [-0.1, -0.05) is 6.07 Å². The Morgan fingerprint density at radius 2 is 2.00 bits per heavy atom. The van der Waals surface area contributed by atoms with Crippen molar-refractivity contribution in [2.75, 3.05) is 25.5 Å². The van der Waals surface area contributed by atoms with E-state index in [0.717, 1.165) is 48.6 Å². The molecule has 0 unspecified atom stereocenters. The smallest absolute Gasteiger partial charge is 0.255 e. The van der Waals surface area contributed by atoms with Gasteiger partial charge in [0.15, 0.2) is 0 Å². The van der Waals surface area contributed by atoms with Crippen LogP contribution in [0.5, 0.6) is 5.75 Å². The number of methoxy groups -OCH3 is 1. The van der Waals surface area contributed by atoms with Crippen molar-refractivity contribution in [1.82, 2.24) is 9.88 Å². The summed E-state index contributed by atoms with van der Waals surface area (Å²) in [4.78, 5) is 18.5. The maximum Gasteiger partial charge on any atom is 0.255 e. The van der Waals surface area contributed by atoms with Gasteiger partial charge in [0.25, 0.3) is 5.91 Å². The summed E-state index contributed by atoms with van der Waals surface area (Å²) < 4.78 is 5.37. The number of nitrogens with zero attached hydrogens (tertiary/aromatic N) is 2. The minimum Gasteiger partial charge on any atom is -0.495 e. The molecule has 23 heavy (non-hydrogen) atoms. The first-order valence-corrected chi connectivity index (χ1v) is 7.83. The second kappa shape index (κ2) is 6.69. The van der Waals surface area contributed by atoms with Gasteiger partial charge < -0.3 is 15.0 Å². The minimum atomic E-state index is 0.0508. The van der Waals surface area contributed by atoms with E-state index in [9.17, 15) is 4.79 Å². The molecular formula is C18H21N3O2. The molecule has 1 amide bonds. The summed E-state index contributed by atoms with van der Waals surface area (Å²) >= 11 is 0. The normalized spacial score (nSPS) is 13.9. The van der Waals surface area contributed by atoms with Crippen LogP contribution in [0.4, 0.5) is 11.4 Å². The van der Waals surface area contributed by atoms with Gasteiger partial charge in [0.1, 0.15) is 5.75 Å². The Labute approximate surface area is 136 Å². The van der Waals surface area contributed by atoms with Crippen molar-refractivity contribution in [2.45, 2.75) is 19.8 Å². The molecule has 1 fully saturated rings. The highest BCUT2D eigenvalue weighted by atomic mass is 16.5. The monoisotopic (exact) mass is 311 g/mol. The number of anilines is 2. The molecular weight excluding hydrogens is 290 g/mol. The molecule has 1 saturated heterocycles. The summed E-state index contributed by atoms with van der Waals surface area (Å²) in [6, 6.07) is 7.77. The molecule has 120 valence electrons. The van der Waals surface area contributed by atoms with E-state index in [1.807, 2.05) is 36.1 Å². The summed E-state index contributed by atoms with van der Waals surface area (Å²) in [5, 5.41) is 3.29. The molecule has 2 aromatic rings. The van der Waals surface area contributed by atoms with Gasteiger partial charge in [0.05, 0.1) is 30.2 Å². The number of hydrogen-bond donors (Lipinski definition) is 1. The fourth-order valence-electron chi connectivity index (χ4n) is 2.80. The highest BCUT2D eigenvalue weighted by molar-refractivity contribution is 5.95. The maximum absolute atomic E-state index is 12.5. The Morgan fingerprint density at radius 3 is 2.74 bits per heavy atom. The lowest BCUT2D eigenvalue weighted by atomic mass is 10.2. The summed E-state index contributed by atoms with van der Waals surface area (Å²) in [5.41, 5.74) is 3.38. The average molecular weight is 311 g/mol. The molecule has 2 heterocycles. The largest absolute Gasteiger partial charge is 0.495 e. The van der Waals surface area contributed by atoms with Crippen molar-refractivity contribution in [3.05, 3.63) is 47.8 Å². The number of pyridine rings is 1. The average Bonchev–Trinajstić information content (AvgIpc) is 3.09. The van der Waals surface area contributed by atoms with Crippen molar-refractivity contribution in [3.8, 4) is 5.75 Å². The van der Waals surface area contributed by atoms with Crippen LogP contribution in [-0.4, -0.2) is 36.0 Å². The number of carbonyl (C=O) groups is 1. The first-order chi connectivity index (χ1) is 11.2. The standard InChI is InChI=1S/C18H21N3O2/c1-13-5-6-17(23-2)16(9-13)20-15-10-14(11-19-12-15)18(22)21-7-3-4-8-21/h5-6,9-12,20H,3-4,7-8H2,1-2H3. The predicted molar refractivity (Wildman–Crippen MR) is 90.4 cm³/mol. The molecule has 1 aliphatic rings. The minimum absolute atomic E-state index is 0.0508. The van der Waals surface area contributed by atoms with Crippen LogP contribution in [0.3, 0.4) is 0 Å². The number of benzene rings is 1. The van der Waals surface area contributed by atoms with Crippen molar-refractivity contribution >= 4 is 17.3 Å². The van der Waals surface area contributed by atoms with Crippen LogP contribution in [0.1, 0.15) is 28.8 Å². The lowest BCUT2D eigenvalue weighted by Gasteiger charge is -2.16. The number of aromatic nitrogens is 1. The summed E-state index contributed by atoms with van der Waals surface area (Å²) in [6.45, 7) is 3.70. The highest BCUT2D eigenvalue weighted by Crippen LogP contribution is 2.28. The zero-order chi connectivity index (χ0) is 16.2. The topological polar surface area (TPSA) is 54.5 Å². The molecule has 0 saturated carbocycles. The number of hydrogen-bond acceptors (Lipinski definition) is 4. The maximum atomic E-state index is 12.5. The third-order valence-corrected chi connectivity index (χ3v) is 4.01. The molecule has 0 bridgehead atoms. The van der Waals surface area contributed by atoms with Crippen LogP contribution in [0.25, 0.3) is 0 Å². The summed E-state index contributed by atoms with van der Waals surface area (Å²) in [7, 11) is 1.64. The Hall–Kier alpha value is -2.56. The first-order valence-electron chi connectivity index (χ1n) is 7.83. The Morgan fingerprint density at radius 1 is 1.22 bits per heavy atom. The second-order valence-corrected chi connectivity index (χ2v) is 5.79. The molecule has 0 atom stereocenters. The van der Waals surface area contributed by atoms with E-state index in [2.05, 4.69) is 10.3 Å². The van der Waals surface area contributed by atoms with Gasteiger partial charge in [-0.05, 0) is 43.5 Å². The molecule has 5 heteroatoms. The lowest BCUT2D eigenvalue weighted by molar-refractivity contribution is 0.0792. The zero-order valence-electron chi connectivity index (χ0n) is 13.5. The fourth-order valence-corrected chi connectivity index (χ4v) is 2.80. The van der Waals surface area contributed by atoms with E-state index >= 15 is 0 Å². The van der Waals surface area contributed by atoms with E-state index in [-0.39, 0.29) is 5.91 Å². The number of carbonyl (C=O) groups excluding carboxylic acids is 1. The molecule has 0 aliphatic carbocycles. The molecule has 1 aliphatic heterocycles. The third kappa shape index (κ3) is 3.44. The Balaban J connectivity index is 1.83. The first kappa shape index (κ1) is 15.3. The van der Waals surface area contributed by atoms with E-state index in [1.54, 1.807) is 19.5 Å². The fraction of sp³-hybridized carbons (Fsp3) is 0.333. The van der Waals surface area contributed by atoms with Crippen LogP contribution in [-0.2, 0) is 0 Å². The summed E-state index contributed by atoms with van der Waals surface area (Å²) in [5.74, 6) is 0.807. The Bertz CT molecular complexity index is 709. The van der Waals surface area contributed by atoms with Crippen LogP contribution in [0.15, 0.2) is 36.7 Å². The molecule has 1 N–H and O–H groups in total. The van der Waals surface area contributed by atoms with E-state index in [1.165, 1.54) is 0 Å². The third-order valence-electron chi connectivity index (χ3n) is 4.01. The van der Waals surface area contributed by atoms with Crippen molar-refractivity contribution < 1.29 is 9.53 Å². The van der Waals surface area contributed by atoms with E-state index < -0.39 is 0 Å². The zero-order valence-corrected chi connectivity index (χ0v) is 13.5. The van der Waals surface area contributed by atoms with Crippen LogP contribution < -0.4 is 10.1 Å². The number of rotatable bonds is 4. The highest BCUT2D eigenvalue weighted by Gasteiger charge is 2.20. The van der Waals surface area contributed by atoms with Gasteiger partial charge in [-0.15, -0.1) is 0 Å². The predicted octanol–water partition coefficient (Wildman–Crippen LogP) is 3.38. The van der Waals surface area contributed by atoms with Gasteiger partial charge >= 0.3 is 0 Å². The van der Waals surface area contributed by atoms with Crippen molar-refractivity contribution in [3.63, 3.8) is 0 Å². The number of ether oxygens (including phenoxy) is 1. The number of likely N-dealkylation sites (tertiary alicyclic amines) is 1. The molecule has 1 aromatic heterocycles. The van der Waals surface area contributed by atoms with Crippen molar-refractivity contribution in [1.29, 1.82) is 0 Å². The van der Waals surface area contributed by atoms with E-state index in [0.29, 0.717) is 5.56 Å². The van der Waals surface area contributed by atoms with Gasteiger partial charge in [0, 0.05) is 19.3 Å².